The molecule has 1 aromatic carbocycles. The van der Waals surface area contributed by atoms with Gasteiger partial charge in [0.1, 0.15) is 0 Å². The van der Waals surface area contributed by atoms with E-state index in [1.807, 2.05) is 12.5 Å². The van der Waals surface area contributed by atoms with E-state index in [4.69, 9.17) is 0 Å². The molecule has 2 N–H and O–H groups in total. The molecule has 21 heavy (non-hydrogen) atoms. The molecule has 2 heterocycles. The van der Waals surface area contributed by atoms with Gasteiger partial charge in [-0.1, -0.05) is 18.2 Å². The van der Waals surface area contributed by atoms with Crippen molar-refractivity contribution < 1.29 is 5.11 Å². The minimum Gasteiger partial charge on any atom is -0.393 e. The minimum absolute atomic E-state index is 0.115. The molecule has 1 fully saturated rings. The van der Waals surface area contributed by atoms with Gasteiger partial charge in [0.2, 0.25) is 0 Å². The van der Waals surface area contributed by atoms with E-state index in [1.165, 1.54) is 22.5 Å². The molecule has 0 unspecified atom stereocenters. The topological polar surface area (TPSA) is 50.1 Å². The molecular weight excluding hydrogens is 262 g/mol. The van der Waals surface area contributed by atoms with Gasteiger partial charge in [0.25, 0.3) is 0 Å². The summed E-state index contributed by atoms with van der Waals surface area (Å²) in [6, 6.07) is 6.99. The Morgan fingerprint density at radius 3 is 2.90 bits per heavy atom. The first-order valence-electron chi connectivity index (χ1n) is 7.89. The molecule has 0 radical (unpaired) electrons. The summed E-state index contributed by atoms with van der Waals surface area (Å²) in [7, 11) is 0. The molecule has 1 saturated carbocycles. The van der Waals surface area contributed by atoms with Crippen LogP contribution in [-0.2, 0) is 6.42 Å². The third-order valence-electron chi connectivity index (χ3n) is 4.85. The molecule has 4 rings (SSSR count). The first kappa shape index (κ1) is 12.9. The van der Waals surface area contributed by atoms with Crippen LogP contribution in [0.1, 0.15) is 37.3 Å². The maximum Gasteiger partial charge on any atom is 0.0953 e. The summed E-state index contributed by atoms with van der Waals surface area (Å²) in [6.07, 6.45) is 8.77. The van der Waals surface area contributed by atoms with E-state index in [0.717, 1.165) is 38.6 Å². The maximum absolute atomic E-state index is 9.70. The zero-order valence-corrected chi connectivity index (χ0v) is 12.1. The van der Waals surface area contributed by atoms with Gasteiger partial charge < -0.3 is 15.0 Å². The van der Waals surface area contributed by atoms with E-state index in [0.29, 0.717) is 6.04 Å². The van der Waals surface area contributed by atoms with Gasteiger partial charge in [0, 0.05) is 23.8 Å². The number of anilines is 1. The van der Waals surface area contributed by atoms with E-state index in [1.54, 1.807) is 0 Å². The summed E-state index contributed by atoms with van der Waals surface area (Å²) in [5.74, 6) is 0. The predicted molar refractivity (Wildman–Crippen MR) is 83.4 cm³/mol. The number of imidazole rings is 1. The van der Waals surface area contributed by atoms with E-state index in [9.17, 15) is 5.11 Å². The lowest BCUT2D eigenvalue weighted by atomic mass is 9.92. The van der Waals surface area contributed by atoms with Gasteiger partial charge in [-0.2, -0.15) is 0 Å². The molecule has 0 amide bonds. The largest absolute Gasteiger partial charge is 0.393 e. The van der Waals surface area contributed by atoms with Crippen LogP contribution in [0.15, 0.2) is 30.7 Å². The number of aliphatic hydroxyl groups is 1. The fourth-order valence-electron chi connectivity index (χ4n) is 3.69. The summed E-state index contributed by atoms with van der Waals surface area (Å²) in [5.41, 5.74) is 5.13. The number of aromatic nitrogens is 2. The molecule has 1 aromatic heterocycles. The Labute approximate surface area is 124 Å². The van der Waals surface area contributed by atoms with Crippen LogP contribution in [0.5, 0.6) is 0 Å². The molecule has 0 atom stereocenters. The smallest absolute Gasteiger partial charge is 0.0953 e. The van der Waals surface area contributed by atoms with Crippen LogP contribution >= 0.6 is 0 Å². The van der Waals surface area contributed by atoms with Crippen LogP contribution in [0.25, 0.3) is 11.3 Å². The highest BCUT2D eigenvalue weighted by Crippen LogP contribution is 2.37. The van der Waals surface area contributed by atoms with Crippen LogP contribution < -0.4 is 5.32 Å². The lowest BCUT2D eigenvalue weighted by molar-refractivity contribution is 0.111. The van der Waals surface area contributed by atoms with Crippen molar-refractivity contribution in [3.05, 3.63) is 36.3 Å². The van der Waals surface area contributed by atoms with Gasteiger partial charge in [0.15, 0.2) is 0 Å². The van der Waals surface area contributed by atoms with Crippen molar-refractivity contribution in [2.24, 2.45) is 0 Å². The zero-order valence-electron chi connectivity index (χ0n) is 12.1. The Bertz CT molecular complexity index is 641. The van der Waals surface area contributed by atoms with Crippen molar-refractivity contribution >= 4 is 5.69 Å². The lowest BCUT2D eigenvalue weighted by Crippen LogP contribution is -2.21. The highest BCUT2D eigenvalue weighted by Gasteiger charge is 2.24. The number of hydrogen-bond donors (Lipinski definition) is 2. The van der Waals surface area contributed by atoms with E-state index < -0.39 is 0 Å². The molecule has 1 aliphatic heterocycles. The normalized spacial score (nSPS) is 24.6. The number of rotatable bonds is 2. The maximum atomic E-state index is 9.70. The summed E-state index contributed by atoms with van der Waals surface area (Å²) < 4.78 is 2.31. The first-order valence-corrected chi connectivity index (χ1v) is 7.89. The zero-order chi connectivity index (χ0) is 14.2. The quantitative estimate of drug-likeness (QED) is 0.891. The number of benzene rings is 1. The average Bonchev–Trinajstić information content (AvgIpc) is 3.16. The van der Waals surface area contributed by atoms with Crippen LogP contribution in [0.2, 0.25) is 0 Å². The number of fused-ring (bicyclic) bond motifs is 1. The molecular formula is C17H21N3O. The standard InChI is InChI=1S/C17H21N3O/c21-14-6-4-13(5-7-14)20-11-18-10-16(20)15-3-1-2-12-8-9-19-17(12)15/h1-3,10-11,13-14,19,21H,4-9H2. The summed E-state index contributed by atoms with van der Waals surface area (Å²) in [4.78, 5) is 4.39. The fourth-order valence-corrected chi connectivity index (χ4v) is 3.69. The number of hydrogen-bond acceptors (Lipinski definition) is 3. The Hall–Kier alpha value is -1.81. The van der Waals surface area contributed by atoms with E-state index >= 15 is 0 Å². The minimum atomic E-state index is -0.115. The molecule has 2 aliphatic rings. The number of para-hydroxylation sites is 1. The first-order chi connectivity index (χ1) is 10.3. The second kappa shape index (κ2) is 5.19. The van der Waals surface area contributed by atoms with Crippen molar-refractivity contribution in [2.75, 3.05) is 11.9 Å². The van der Waals surface area contributed by atoms with Crippen LogP contribution in [0, 0.1) is 0 Å². The highest BCUT2D eigenvalue weighted by atomic mass is 16.3. The predicted octanol–water partition coefficient (Wildman–Crippen LogP) is 2.99. The van der Waals surface area contributed by atoms with Crippen molar-refractivity contribution in [1.29, 1.82) is 0 Å². The second-order valence-electron chi connectivity index (χ2n) is 6.16. The molecule has 0 bridgehead atoms. The molecule has 4 nitrogen and oxygen atoms in total. The average molecular weight is 283 g/mol. The van der Waals surface area contributed by atoms with Gasteiger partial charge in [0.05, 0.1) is 24.3 Å². The van der Waals surface area contributed by atoms with Crippen molar-refractivity contribution in [1.82, 2.24) is 9.55 Å². The van der Waals surface area contributed by atoms with Crippen molar-refractivity contribution in [3.8, 4) is 11.3 Å². The lowest BCUT2D eigenvalue weighted by Gasteiger charge is -2.28. The van der Waals surface area contributed by atoms with E-state index in [2.05, 4.69) is 33.1 Å². The van der Waals surface area contributed by atoms with Gasteiger partial charge >= 0.3 is 0 Å². The Kier molecular flexibility index (Phi) is 3.19. The van der Waals surface area contributed by atoms with Gasteiger partial charge in [-0.15, -0.1) is 0 Å². The van der Waals surface area contributed by atoms with E-state index in [-0.39, 0.29) is 6.10 Å². The summed E-state index contributed by atoms with van der Waals surface area (Å²) >= 11 is 0. The molecule has 0 spiro atoms. The van der Waals surface area contributed by atoms with Crippen molar-refractivity contribution in [3.63, 3.8) is 0 Å². The molecule has 110 valence electrons. The number of nitrogens with zero attached hydrogens (tertiary/aromatic N) is 2. The Balaban J connectivity index is 1.71. The van der Waals surface area contributed by atoms with Crippen LogP contribution in [0.4, 0.5) is 5.69 Å². The third kappa shape index (κ3) is 2.23. The monoisotopic (exact) mass is 283 g/mol. The molecule has 2 aromatic rings. The van der Waals surface area contributed by atoms with Crippen LogP contribution in [-0.4, -0.2) is 27.3 Å². The highest BCUT2D eigenvalue weighted by molar-refractivity contribution is 5.79. The molecule has 1 aliphatic carbocycles. The number of nitrogens with one attached hydrogen (secondary N) is 1. The SMILES string of the molecule is OC1CCC(n2cncc2-c2cccc3c2NCC3)CC1. The Morgan fingerprint density at radius 1 is 1.19 bits per heavy atom. The van der Waals surface area contributed by atoms with Gasteiger partial charge in [-0.05, 0) is 37.7 Å². The van der Waals surface area contributed by atoms with Crippen molar-refractivity contribution in [2.45, 2.75) is 44.2 Å². The van der Waals surface area contributed by atoms with Gasteiger partial charge in [-0.3, -0.25) is 0 Å². The van der Waals surface area contributed by atoms with Gasteiger partial charge in [-0.25, -0.2) is 4.98 Å². The fraction of sp³-hybridized carbons (Fsp3) is 0.471. The summed E-state index contributed by atoms with van der Waals surface area (Å²) in [6.45, 7) is 1.02. The molecule has 4 heteroatoms. The van der Waals surface area contributed by atoms with Crippen LogP contribution in [0.3, 0.4) is 0 Å². The second-order valence-corrected chi connectivity index (χ2v) is 6.16. The summed E-state index contributed by atoms with van der Waals surface area (Å²) in [5, 5.41) is 13.2. The Morgan fingerprint density at radius 2 is 2.05 bits per heavy atom. The third-order valence-corrected chi connectivity index (χ3v) is 4.85. The molecule has 0 saturated heterocycles. The number of aliphatic hydroxyl groups excluding tert-OH is 1.